The van der Waals surface area contributed by atoms with Gasteiger partial charge in [0.2, 0.25) is 0 Å². The molecular formula is C3H4NO2-. The Morgan fingerprint density at radius 2 is 2.50 bits per heavy atom. The van der Waals surface area contributed by atoms with Crippen molar-refractivity contribution in [1.29, 1.82) is 0 Å². The quantitative estimate of drug-likeness (QED) is 0.406. The lowest BCUT2D eigenvalue weighted by Crippen LogP contribution is -2.32. The lowest BCUT2D eigenvalue weighted by Gasteiger charge is -2.28. The van der Waals surface area contributed by atoms with Crippen LogP contribution in [-0.2, 0) is 0 Å². The van der Waals surface area contributed by atoms with E-state index in [1.165, 1.54) is 0 Å². The molecule has 0 radical (unpaired) electrons. The Kier molecular flexibility index (Phi) is 0.511. The first-order valence-electron chi connectivity index (χ1n) is 1.62. The van der Waals surface area contributed by atoms with Crippen molar-refractivity contribution in [3.05, 3.63) is 12.0 Å². The van der Waals surface area contributed by atoms with E-state index in [1.54, 1.807) is 0 Å². The number of hydroxylamine groups is 2. The second kappa shape index (κ2) is 0.879. The van der Waals surface area contributed by atoms with Crippen LogP contribution in [0.3, 0.4) is 0 Å². The number of rotatable bonds is 0. The summed E-state index contributed by atoms with van der Waals surface area (Å²) >= 11 is 0. The van der Waals surface area contributed by atoms with Gasteiger partial charge >= 0.3 is 0 Å². The minimum absolute atomic E-state index is 0.0162. The zero-order valence-corrected chi connectivity index (χ0v) is 3.09. The van der Waals surface area contributed by atoms with Gasteiger partial charge in [0.25, 0.3) is 0 Å². The van der Waals surface area contributed by atoms with Gasteiger partial charge < -0.3 is 5.11 Å². The molecule has 0 atom stereocenters. The van der Waals surface area contributed by atoms with E-state index in [0.717, 1.165) is 11.3 Å². The van der Waals surface area contributed by atoms with E-state index < -0.39 is 0 Å². The molecule has 1 N–H and O–H groups in total. The van der Waals surface area contributed by atoms with Crippen molar-refractivity contribution in [2.75, 3.05) is 6.54 Å². The molecule has 0 aromatic heterocycles. The van der Waals surface area contributed by atoms with Crippen LogP contribution >= 0.6 is 0 Å². The standard InChI is InChI=1S/C3H5NO2/c5-3-1-4(6)2-3/h1,5-6H,2H2/p-1. The van der Waals surface area contributed by atoms with Gasteiger partial charge in [-0.05, 0) is 0 Å². The first-order valence-corrected chi connectivity index (χ1v) is 1.62. The van der Waals surface area contributed by atoms with Crippen LogP contribution < -0.4 is 5.11 Å². The molecular weight excluding hydrogens is 82.0 g/mol. The van der Waals surface area contributed by atoms with E-state index in [4.69, 9.17) is 5.21 Å². The summed E-state index contributed by atoms with van der Waals surface area (Å²) in [6.45, 7) is 0.167. The van der Waals surface area contributed by atoms with Crippen molar-refractivity contribution >= 4 is 0 Å². The number of hydrogen-bond donors (Lipinski definition) is 1. The second-order valence-corrected chi connectivity index (χ2v) is 1.19. The summed E-state index contributed by atoms with van der Waals surface area (Å²) in [5.74, 6) is -0.0162. The van der Waals surface area contributed by atoms with E-state index in [9.17, 15) is 5.11 Å². The van der Waals surface area contributed by atoms with Crippen molar-refractivity contribution in [3.8, 4) is 0 Å². The fourth-order valence-electron chi connectivity index (χ4n) is 0.300. The average Bonchev–Trinajstić information content (AvgIpc) is 1.33. The molecule has 0 aliphatic carbocycles. The maximum absolute atomic E-state index is 9.85. The van der Waals surface area contributed by atoms with E-state index in [0.29, 0.717) is 0 Å². The highest BCUT2D eigenvalue weighted by molar-refractivity contribution is 4.99. The van der Waals surface area contributed by atoms with Gasteiger partial charge in [0.15, 0.2) is 0 Å². The highest BCUT2D eigenvalue weighted by atomic mass is 16.5. The van der Waals surface area contributed by atoms with Crippen LogP contribution in [-0.4, -0.2) is 16.8 Å². The van der Waals surface area contributed by atoms with Crippen LogP contribution in [0, 0.1) is 0 Å². The molecule has 1 rings (SSSR count). The summed E-state index contributed by atoms with van der Waals surface area (Å²) in [5, 5.41) is 18.9. The average molecular weight is 86.1 g/mol. The summed E-state index contributed by atoms with van der Waals surface area (Å²) in [6.07, 6.45) is 1.14. The lowest BCUT2D eigenvalue weighted by molar-refractivity contribution is -0.330. The Morgan fingerprint density at radius 3 is 2.50 bits per heavy atom. The lowest BCUT2D eigenvalue weighted by atomic mass is 10.4. The van der Waals surface area contributed by atoms with Crippen LogP contribution in [0.5, 0.6) is 0 Å². The molecule has 34 valence electrons. The monoisotopic (exact) mass is 86.0 g/mol. The minimum Gasteiger partial charge on any atom is -0.873 e. The third kappa shape index (κ3) is 0.328. The molecule has 0 fully saturated rings. The van der Waals surface area contributed by atoms with Crippen LogP contribution in [0.1, 0.15) is 0 Å². The predicted octanol–water partition coefficient (Wildman–Crippen LogP) is -1.11. The topological polar surface area (TPSA) is 46.5 Å². The Bertz CT molecular complexity index is 88.8. The first-order chi connectivity index (χ1) is 2.79. The number of hydrogen-bond acceptors (Lipinski definition) is 3. The van der Waals surface area contributed by atoms with Crippen molar-refractivity contribution in [3.63, 3.8) is 0 Å². The largest absolute Gasteiger partial charge is 0.873 e. The Hall–Kier alpha value is -0.700. The highest BCUT2D eigenvalue weighted by Crippen LogP contribution is 2.00. The molecule has 0 aromatic carbocycles. The normalized spacial score (nSPS) is 19.5. The van der Waals surface area contributed by atoms with Gasteiger partial charge in [-0.1, -0.05) is 5.76 Å². The molecule has 3 nitrogen and oxygen atoms in total. The van der Waals surface area contributed by atoms with Crippen molar-refractivity contribution in [1.82, 2.24) is 5.06 Å². The Labute approximate surface area is 35.1 Å². The number of nitrogens with zero attached hydrogens (tertiary/aromatic N) is 1. The molecule has 1 aliphatic heterocycles. The van der Waals surface area contributed by atoms with E-state index in [-0.39, 0.29) is 12.3 Å². The van der Waals surface area contributed by atoms with Gasteiger partial charge in [-0.3, -0.25) is 10.3 Å². The molecule has 0 bridgehead atoms. The summed E-state index contributed by atoms with van der Waals surface area (Å²) in [4.78, 5) is 0. The van der Waals surface area contributed by atoms with Crippen LogP contribution in [0.2, 0.25) is 0 Å². The third-order valence-electron chi connectivity index (χ3n) is 0.611. The van der Waals surface area contributed by atoms with Gasteiger partial charge in [0.1, 0.15) is 0 Å². The molecule has 0 aromatic rings. The van der Waals surface area contributed by atoms with Gasteiger partial charge in [-0.2, -0.15) is 0 Å². The van der Waals surface area contributed by atoms with Gasteiger partial charge in [0.05, 0.1) is 6.54 Å². The second-order valence-electron chi connectivity index (χ2n) is 1.19. The zero-order valence-electron chi connectivity index (χ0n) is 3.09. The molecule has 0 spiro atoms. The van der Waals surface area contributed by atoms with E-state index in [1.807, 2.05) is 0 Å². The molecule has 0 saturated heterocycles. The third-order valence-corrected chi connectivity index (χ3v) is 0.611. The van der Waals surface area contributed by atoms with Gasteiger partial charge in [-0.15, -0.1) is 0 Å². The summed E-state index contributed by atoms with van der Waals surface area (Å²) in [7, 11) is 0. The molecule has 0 amide bonds. The maximum atomic E-state index is 9.85. The fourth-order valence-corrected chi connectivity index (χ4v) is 0.300. The maximum Gasteiger partial charge on any atom is 0.0571 e. The van der Waals surface area contributed by atoms with Crippen LogP contribution in [0.25, 0.3) is 0 Å². The Balaban J connectivity index is 2.46. The fraction of sp³-hybridized carbons (Fsp3) is 0.333. The summed E-state index contributed by atoms with van der Waals surface area (Å²) < 4.78 is 0. The van der Waals surface area contributed by atoms with Crippen molar-refractivity contribution < 1.29 is 10.3 Å². The molecule has 0 unspecified atom stereocenters. The molecule has 0 saturated carbocycles. The first kappa shape index (κ1) is 3.49. The summed E-state index contributed by atoms with van der Waals surface area (Å²) in [5.41, 5.74) is 0. The molecule has 6 heavy (non-hydrogen) atoms. The van der Waals surface area contributed by atoms with Gasteiger partial charge in [0, 0.05) is 6.20 Å². The Morgan fingerprint density at radius 1 is 2.00 bits per heavy atom. The van der Waals surface area contributed by atoms with Gasteiger partial charge in [-0.25, -0.2) is 0 Å². The van der Waals surface area contributed by atoms with Crippen LogP contribution in [0.4, 0.5) is 0 Å². The van der Waals surface area contributed by atoms with E-state index in [2.05, 4.69) is 0 Å². The zero-order chi connectivity index (χ0) is 4.57. The SMILES string of the molecule is [O-]C1=CN(O)C1. The molecule has 1 heterocycles. The smallest absolute Gasteiger partial charge is 0.0571 e. The van der Waals surface area contributed by atoms with Crippen molar-refractivity contribution in [2.45, 2.75) is 0 Å². The van der Waals surface area contributed by atoms with E-state index >= 15 is 0 Å². The van der Waals surface area contributed by atoms with Crippen molar-refractivity contribution in [2.24, 2.45) is 0 Å². The highest BCUT2D eigenvalue weighted by Gasteiger charge is 1.99. The molecule has 3 heteroatoms. The predicted molar refractivity (Wildman–Crippen MR) is 16.6 cm³/mol. The molecule has 1 aliphatic rings. The summed E-state index contributed by atoms with van der Waals surface area (Å²) in [6, 6.07) is 0. The minimum atomic E-state index is -0.0162. The van der Waals surface area contributed by atoms with Crippen LogP contribution in [0.15, 0.2) is 12.0 Å².